The first kappa shape index (κ1) is 16.8. The highest BCUT2D eigenvalue weighted by Crippen LogP contribution is 2.22. The molecule has 1 heterocycles. The third kappa shape index (κ3) is 4.73. The fraction of sp³-hybridized carbons (Fsp3) is 0.312. The van der Waals surface area contributed by atoms with Crippen molar-refractivity contribution in [3.63, 3.8) is 0 Å². The van der Waals surface area contributed by atoms with Crippen LogP contribution in [0.1, 0.15) is 16.5 Å². The van der Waals surface area contributed by atoms with Crippen LogP contribution in [0.4, 0.5) is 4.79 Å². The minimum Gasteiger partial charge on any atom is -0.336 e. The van der Waals surface area contributed by atoms with Gasteiger partial charge >= 0.3 is 6.03 Å². The molecule has 6 heteroatoms. The van der Waals surface area contributed by atoms with Gasteiger partial charge < -0.3 is 15.5 Å². The molecule has 1 aromatic carbocycles. The van der Waals surface area contributed by atoms with Gasteiger partial charge in [0, 0.05) is 23.0 Å². The predicted molar refractivity (Wildman–Crippen MR) is 92.4 cm³/mol. The van der Waals surface area contributed by atoms with Crippen LogP contribution in [0.3, 0.4) is 0 Å². The van der Waals surface area contributed by atoms with Crippen LogP contribution < -0.4 is 10.6 Å². The maximum absolute atomic E-state index is 11.9. The van der Waals surface area contributed by atoms with E-state index in [1.807, 2.05) is 49.8 Å². The van der Waals surface area contributed by atoms with Gasteiger partial charge in [0.2, 0.25) is 0 Å². The Morgan fingerprint density at radius 1 is 1.23 bits per heavy atom. The maximum Gasteiger partial charge on any atom is 0.315 e. The topological polar surface area (TPSA) is 44.4 Å². The zero-order chi connectivity index (χ0) is 15.9. The summed E-state index contributed by atoms with van der Waals surface area (Å²) in [5.41, 5.74) is 0.904. The van der Waals surface area contributed by atoms with Crippen LogP contribution in [-0.4, -0.2) is 31.6 Å². The molecule has 0 radical (unpaired) electrons. The number of likely N-dealkylation sites (N-methyl/N-ethyl adjacent to an activating group) is 1. The number of nitrogens with zero attached hydrogens (tertiary/aromatic N) is 1. The van der Waals surface area contributed by atoms with Crippen LogP contribution in [0.5, 0.6) is 0 Å². The molecule has 1 unspecified atom stereocenters. The molecule has 1 aromatic heterocycles. The first-order chi connectivity index (χ1) is 10.6. The number of hydrogen-bond donors (Lipinski definition) is 2. The lowest BCUT2D eigenvalue weighted by Crippen LogP contribution is -2.40. The highest BCUT2D eigenvalue weighted by molar-refractivity contribution is 7.10. The molecule has 0 aliphatic heterocycles. The van der Waals surface area contributed by atoms with Crippen molar-refractivity contribution in [3.05, 3.63) is 57.2 Å². The minimum atomic E-state index is -0.191. The number of rotatable bonds is 6. The normalized spacial score (nSPS) is 12.2. The predicted octanol–water partition coefficient (Wildman–Crippen LogP) is 3.50. The number of carbonyl (C=O) groups excluding carboxylic acids is 1. The first-order valence-electron chi connectivity index (χ1n) is 7.03. The van der Waals surface area contributed by atoms with E-state index in [0.717, 1.165) is 5.56 Å². The molecule has 4 nitrogen and oxygen atoms in total. The number of urea groups is 1. The number of thiophene rings is 1. The smallest absolute Gasteiger partial charge is 0.315 e. The minimum absolute atomic E-state index is 0.172. The Balaban J connectivity index is 1.83. The summed E-state index contributed by atoms with van der Waals surface area (Å²) in [7, 11) is 4.02. The van der Waals surface area contributed by atoms with E-state index in [2.05, 4.69) is 21.6 Å². The van der Waals surface area contributed by atoms with E-state index < -0.39 is 0 Å². The van der Waals surface area contributed by atoms with Crippen LogP contribution in [0.2, 0.25) is 5.02 Å². The molecule has 1 atom stereocenters. The van der Waals surface area contributed by atoms with E-state index in [-0.39, 0.29) is 12.1 Å². The molecule has 2 aromatic rings. The Hall–Kier alpha value is -1.56. The lowest BCUT2D eigenvalue weighted by molar-refractivity contribution is 0.233. The molecule has 2 amide bonds. The quantitative estimate of drug-likeness (QED) is 0.847. The second-order valence-corrected chi connectivity index (χ2v) is 6.54. The standard InChI is InChI=1S/C16H20ClN3OS/c1-20(2)14(15-8-5-9-22-15)11-19-16(21)18-10-12-6-3-4-7-13(12)17/h3-9,14H,10-11H2,1-2H3,(H2,18,19,21). The molecule has 0 bridgehead atoms. The average molecular weight is 338 g/mol. The molecule has 22 heavy (non-hydrogen) atoms. The van der Waals surface area contributed by atoms with Gasteiger partial charge in [0.25, 0.3) is 0 Å². The molecular formula is C16H20ClN3OS. The molecule has 0 spiro atoms. The lowest BCUT2D eigenvalue weighted by atomic mass is 10.2. The van der Waals surface area contributed by atoms with E-state index in [0.29, 0.717) is 18.1 Å². The molecule has 0 fully saturated rings. The summed E-state index contributed by atoms with van der Waals surface area (Å²) in [6.07, 6.45) is 0. The van der Waals surface area contributed by atoms with Crippen molar-refractivity contribution < 1.29 is 4.79 Å². The lowest BCUT2D eigenvalue weighted by Gasteiger charge is -2.23. The molecule has 0 saturated heterocycles. The molecule has 118 valence electrons. The van der Waals surface area contributed by atoms with Crippen LogP contribution >= 0.6 is 22.9 Å². The monoisotopic (exact) mass is 337 g/mol. The van der Waals surface area contributed by atoms with Crippen LogP contribution in [0.25, 0.3) is 0 Å². The van der Waals surface area contributed by atoms with Gasteiger partial charge in [-0.1, -0.05) is 35.9 Å². The van der Waals surface area contributed by atoms with Gasteiger partial charge in [0.15, 0.2) is 0 Å². The van der Waals surface area contributed by atoms with Crippen LogP contribution in [0.15, 0.2) is 41.8 Å². The summed E-state index contributed by atoms with van der Waals surface area (Å²) in [6, 6.07) is 11.6. The van der Waals surface area contributed by atoms with E-state index in [4.69, 9.17) is 11.6 Å². The fourth-order valence-electron chi connectivity index (χ4n) is 2.09. The number of hydrogen-bond acceptors (Lipinski definition) is 3. The van der Waals surface area contributed by atoms with Gasteiger partial charge in [0.1, 0.15) is 0 Å². The zero-order valence-electron chi connectivity index (χ0n) is 12.7. The highest BCUT2D eigenvalue weighted by atomic mass is 35.5. The molecule has 2 N–H and O–H groups in total. The maximum atomic E-state index is 11.9. The average Bonchev–Trinajstić information content (AvgIpc) is 3.00. The molecule has 0 saturated carbocycles. The third-order valence-electron chi connectivity index (χ3n) is 3.35. The van der Waals surface area contributed by atoms with E-state index in [1.165, 1.54) is 4.88 Å². The van der Waals surface area contributed by atoms with Gasteiger partial charge in [0.05, 0.1) is 6.04 Å². The van der Waals surface area contributed by atoms with Gasteiger partial charge in [-0.15, -0.1) is 11.3 Å². The van der Waals surface area contributed by atoms with E-state index in [1.54, 1.807) is 11.3 Å². The molecule has 2 rings (SSSR count). The van der Waals surface area contributed by atoms with E-state index in [9.17, 15) is 4.79 Å². The number of amides is 2. The largest absolute Gasteiger partial charge is 0.336 e. The van der Waals surface area contributed by atoms with Gasteiger partial charge in [-0.3, -0.25) is 0 Å². The summed E-state index contributed by atoms with van der Waals surface area (Å²) < 4.78 is 0. The Morgan fingerprint density at radius 3 is 2.64 bits per heavy atom. The second kappa shape index (κ2) is 8.17. The summed E-state index contributed by atoms with van der Waals surface area (Å²) in [5, 5.41) is 8.45. The summed E-state index contributed by atoms with van der Waals surface area (Å²) in [6.45, 7) is 0.971. The Bertz CT molecular complexity index is 601. The van der Waals surface area contributed by atoms with Crippen LogP contribution in [0, 0.1) is 0 Å². The highest BCUT2D eigenvalue weighted by Gasteiger charge is 2.16. The molecule has 0 aliphatic carbocycles. The van der Waals surface area contributed by atoms with Gasteiger partial charge in [-0.25, -0.2) is 4.79 Å². The van der Waals surface area contributed by atoms with Crippen molar-refractivity contribution in [1.82, 2.24) is 15.5 Å². The number of nitrogens with one attached hydrogen (secondary N) is 2. The molecular weight excluding hydrogens is 318 g/mol. The van der Waals surface area contributed by atoms with Crippen molar-refractivity contribution >= 4 is 29.0 Å². The Kier molecular flexibility index (Phi) is 6.24. The van der Waals surface area contributed by atoms with Crippen molar-refractivity contribution in [2.75, 3.05) is 20.6 Å². The number of benzene rings is 1. The first-order valence-corrected chi connectivity index (χ1v) is 8.28. The summed E-state index contributed by atoms with van der Waals surface area (Å²) in [4.78, 5) is 15.3. The SMILES string of the molecule is CN(C)C(CNC(=O)NCc1ccccc1Cl)c1cccs1. The van der Waals surface area contributed by atoms with Gasteiger partial charge in [-0.05, 0) is 37.2 Å². The van der Waals surface area contributed by atoms with Crippen molar-refractivity contribution in [2.45, 2.75) is 12.6 Å². The van der Waals surface area contributed by atoms with Crippen molar-refractivity contribution in [2.24, 2.45) is 0 Å². The number of carbonyl (C=O) groups is 1. The summed E-state index contributed by atoms with van der Waals surface area (Å²) >= 11 is 7.76. The van der Waals surface area contributed by atoms with E-state index >= 15 is 0 Å². The van der Waals surface area contributed by atoms with Gasteiger partial charge in [-0.2, -0.15) is 0 Å². The summed E-state index contributed by atoms with van der Waals surface area (Å²) in [5.74, 6) is 0. The zero-order valence-corrected chi connectivity index (χ0v) is 14.2. The number of halogens is 1. The Labute approximate surface area is 140 Å². The van der Waals surface area contributed by atoms with Crippen LogP contribution in [-0.2, 0) is 6.54 Å². The third-order valence-corrected chi connectivity index (χ3v) is 4.69. The van der Waals surface area contributed by atoms with Crippen molar-refractivity contribution in [1.29, 1.82) is 0 Å². The second-order valence-electron chi connectivity index (χ2n) is 5.15. The van der Waals surface area contributed by atoms with Crippen molar-refractivity contribution in [3.8, 4) is 0 Å². The Morgan fingerprint density at radius 2 is 2.00 bits per heavy atom. The molecule has 0 aliphatic rings. The fourth-order valence-corrected chi connectivity index (χ4v) is 3.21.